The van der Waals surface area contributed by atoms with Crippen LogP contribution in [0.5, 0.6) is 0 Å². The summed E-state index contributed by atoms with van der Waals surface area (Å²) < 4.78 is 0. The zero-order valence-electron chi connectivity index (χ0n) is 10.1. The van der Waals surface area contributed by atoms with Crippen molar-refractivity contribution in [3.05, 3.63) is 28.8 Å². The lowest BCUT2D eigenvalue weighted by atomic mass is 10.1. The molecule has 18 heavy (non-hydrogen) atoms. The number of amides is 2. The van der Waals surface area contributed by atoms with Crippen molar-refractivity contribution in [1.82, 2.24) is 0 Å². The highest BCUT2D eigenvalue weighted by molar-refractivity contribution is 6.34. The highest BCUT2D eigenvalue weighted by Gasteiger charge is 2.14. The van der Waals surface area contributed by atoms with Crippen LogP contribution in [0.15, 0.2) is 18.2 Å². The standard InChI is InChI=1S/C12H16ClN3O2/c1-2-3-10(14)12(18)16-7-4-5-9(13)8(6-7)11(15)17/h4-6,10H,2-3,14H2,1H3,(H2,15,17)(H,16,18)/t10-/m0/s1. The maximum absolute atomic E-state index is 11.7. The van der Waals surface area contributed by atoms with Crippen molar-refractivity contribution in [2.75, 3.05) is 5.32 Å². The van der Waals surface area contributed by atoms with Crippen molar-refractivity contribution in [2.24, 2.45) is 11.5 Å². The van der Waals surface area contributed by atoms with Crippen LogP contribution in [-0.4, -0.2) is 17.9 Å². The Bertz CT molecular complexity index is 463. The van der Waals surface area contributed by atoms with E-state index < -0.39 is 11.9 Å². The molecule has 0 bridgehead atoms. The molecule has 0 aliphatic rings. The Morgan fingerprint density at radius 1 is 1.44 bits per heavy atom. The van der Waals surface area contributed by atoms with Gasteiger partial charge in [-0.3, -0.25) is 9.59 Å². The number of carbonyl (C=O) groups excluding carboxylic acids is 2. The Balaban J connectivity index is 2.82. The van der Waals surface area contributed by atoms with Gasteiger partial charge in [0.1, 0.15) is 0 Å². The van der Waals surface area contributed by atoms with Gasteiger partial charge in [-0.25, -0.2) is 0 Å². The number of nitrogens with one attached hydrogen (secondary N) is 1. The van der Waals surface area contributed by atoms with Crippen LogP contribution in [0.3, 0.4) is 0 Å². The van der Waals surface area contributed by atoms with Crippen molar-refractivity contribution < 1.29 is 9.59 Å². The first kappa shape index (κ1) is 14.5. The molecule has 5 N–H and O–H groups in total. The summed E-state index contributed by atoms with van der Waals surface area (Å²) in [6.07, 6.45) is 1.42. The fraction of sp³-hybridized carbons (Fsp3) is 0.333. The molecular weight excluding hydrogens is 254 g/mol. The molecule has 0 heterocycles. The number of primary amides is 1. The highest BCUT2D eigenvalue weighted by atomic mass is 35.5. The minimum Gasteiger partial charge on any atom is -0.366 e. The van der Waals surface area contributed by atoms with E-state index in [2.05, 4.69) is 5.32 Å². The maximum Gasteiger partial charge on any atom is 0.250 e. The Kier molecular flexibility index (Phi) is 5.12. The van der Waals surface area contributed by atoms with Gasteiger partial charge in [0.2, 0.25) is 11.8 Å². The molecule has 0 fully saturated rings. The average Bonchev–Trinajstić information content (AvgIpc) is 2.31. The molecule has 0 aliphatic heterocycles. The first-order valence-electron chi connectivity index (χ1n) is 5.61. The minimum atomic E-state index is -0.644. The van der Waals surface area contributed by atoms with E-state index in [4.69, 9.17) is 23.1 Å². The second-order valence-electron chi connectivity index (χ2n) is 3.94. The van der Waals surface area contributed by atoms with Gasteiger partial charge in [0.05, 0.1) is 16.6 Å². The highest BCUT2D eigenvalue weighted by Crippen LogP contribution is 2.20. The summed E-state index contributed by atoms with van der Waals surface area (Å²) in [6, 6.07) is 3.96. The van der Waals surface area contributed by atoms with Gasteiger partial charge >= 0.3 is 0 Å². The molecule has 0 saturated heterocycles. The van der Waals surface area contributed by atoms with Crippen LogP contribution < -0.4 is 16.8 Å². The predicted molar refractivity (Wildman–Crippen MR) is 71.5 cm³/mol. The third-order valence-electron chi connectivity index (χ3n) is 2.44. The van der Waals surface area contributed by atoms with Crippen LogP contribution in [0.2, 0.25) is 5.02 Å². The van der Waals surface area contributed by atoms with Gasteiger partial charge in [-0.05, 0) is 24.6 Å². The molecule has 6 heteroatoms. The molecular formula is C12H16ClN3O2. The summed E-state index contributed by atoms with van der Waals surface area (Å²) in [7, 11) is 0. The van der Waals surface area contributed by atoms with E-state index in [1.807, 2.05) is 6.92 Å². The van der Waals surface area contributed by atoms with E-state index in [-0.39, 0.29) is 16.5 Å². The number of rotatable bonds is 5. The number of hydrogen-bond acceptors (Lipinski definition) is 3. The first-order valence-corrected chi connectivity index (χ1v) is 5.99. The van der Waals surface area contributed by atoms with Crippen molar-refractivity contribution in [2.45, 2.75) is 25.8 Å². The van der Waals surface area contributed by atoms with Crippen molar-refractivity contribution >= 4 is 29.1 Å². The zero-order valence-corrected chi connectivity index (χ0v) is 10.8. The molecule has 2 amide bonds. The fourth-order valence-electron chi connectivity index (χ4n) is 1.47. The Morgan fingerprint density at radius 2 is 2.11 bits per heavy atom. The van der Waals surface area contributed by atoms with Gasteiger partial charge in [-0.15, -0.1) is 0 Å². The number of nitrogens with two attached hydrogens (primary N) is 2. The molecule has 1 rings (SSSR count). The normalized spacial score (nSPS) is 11.9. The van der Waals surface area contributed by atoms with Crippen molar-refractivity contribution in [3.8, 4) is 0 Å². The molecule has 0 aromatic heterocycles. The average molecular weight is 270 g/mol. The Labute approximate surface area is 110 Å². The lowest BCUT2D eigenvalue weighted by Crippen LogP contribution is -2.35. The molecule has 0 radical (unpaired) electrons. The van der Waals surface area contributed by atoms with Gasteiger partial charge in [0.25, 0.3) is 0 Å². The van der Waals surface area contributed by atoms with Crippen LogP contribution in [-0.2, 0) is 4.79 Å². The quantitative estimate of drug-likeness (QED) is 0.755. The molecule has 0 spiro atoms. The van der Waals surface area contributed by atoms with Gasteiger partial charge < -0.3 is 16.8 Å². The van der Waals surface area contributed by atoms with E-state index in [0.717, 1.165) is 6.42 Å². The monoisotopic (exact) mass is 269 g/mol. The summed E-state index contributed by atoms with van der Waals surface area (Å²) in [6.45, 7) is 1.95. The van der Waals surface area contributed by atoms with Crippen LogP contribution >= 0.6 is 11.6 Å². The van der Waals surface area contributed by atoms with Gasteiger partial charge in [-0.1, -0.05) is 24.9 Å². The maximum atomic E-state index is 11.7. The van der Waals surface area contributed by atoms with Crippen LogP contribution in [0.1, 0.15) is 30.1 Å². The molecule has 0 saturated carbocycles. The molecule has 1 aromatic rings. The van der Waals surface area contributed by atoms with Crippen molar-refractivity contribution in [3.63, 3.8) is 0 Å². The number of anilines is 1. The van der Waals surface area contributed by atoms with Crippen LogP contribution in [0.25, 0.3) is 0 Å². The molecule has 1 atom stereocenters. The lowest BCUT2D eigenvalue weighted by molar-refractivity contribution is -0.117. The van der Waals surface area contributed by atoms with Crippen molar-refractivity contribution in [1.29, 1.82) is 0 Å². The van der Waals surface area contributed by atoms with Crippen LogP contribution in [0.4, 0.5) is 5.69 Å². The smallest absolute Gasteiger partial charge is 0.250 e. The Hall–Kier alpha value is -1.59. The second-order valence-corrected chi connectivity index (χ2v) is 4.35. The zero-order chi connectivity index (χ0) is 13.7. The second kappa shape index (κ2) is 6.37. The molecule has 98 valence electrons. The van der Waals surface area contributed by atoms with E-state index >= 15 is 0 Å². The number of benzene rings is 1. The van der Waals surface area contributed by atoms with E-state index in [1.165, 1.54) is 12.1 Å². The lowest BCUT2D eigenvalue weighted by Gasteiger charge is -2.12. The Morgan fingerprint density at radius 3 is 2.67 bits per heavy atom. The largest absolute Gasteiger partial charge is 0.366 e. The molecule has 1 aromatic carbocycles. The van der Waals surface area contributed by atoms with E-state index in [9.17, 15) is 9.59 Å². The predicted octanol–water partition coefficient (Wildman–Crippen LogP) is 1.50. The third kappa shape index (κ3) is 3.72. The fourth-order valence-corrected chi connectivity index (χ4v) is 1.68. The topological polar surface area (TPSA) is 98.2 Å². The summed E-state index contributed by atoms with van der Waals surface area (Å²) in [4.78, 5) is 22.8. The van der Waals surface area contributed by atoms with Gasteiger partial charge in [0, 0.05) is 5.69 Å². The minimum absolute atomic E-state index is 0.165. The summed E-state index contributed by atoms with van der Waals surface area (Å²) in [5.41, 5.74) is 11.4. The molecule has 0 aliphatic carbocycles. The van der Waals surface area contributed by atoms with Gasteiger partial charge in [-0.2, -0.15) is 0 Å². The molecule has 0 unspecified atom stereocenters. The first-order chi connectivity index (χ1) is 8.45. The SMILES string of the molecule is CCC[C@H](N)C(=O)Nc1ccc(Cl)c(C(N)=O)c1. The van der Waals surface area contributed by atoms with Crippen LogP contribution in [0, 0.1) is 0 Å². The van der Waals surface area contributed by atoms with Gasteiger partial charge in [0.15, 0.2) is 0 Å². The van der Waals surface area contributed by atoms with E-state index in [0.29, 0.717) is 12.1 Å². The number of halogens is 1. The number of hydrogen-bond donors (Lipinski definition) is 3. The summed E-state index contributed by atoms with van der Waals surface area (Å²) in [5, 5.41) is 2.87. The third-order valence-corrected chi connectivity index (χ3v) is 2.77. The van der Waals surface area contributed by atoms with E-state index in [1.54, 1.807) is 6.07 Å². The summed E-state index contributed by atoms with van der Waals surface area (Å²) >= 11 is 5.80. The molecule has 5 nitrogen and oxygen atoms in total. The number of carbonyl (C=O) groups is 2. The summed E-state index contributed by atoms with van der Waals surface area (Å²) in [5.74, 6) is -0.941.